The van der Waals surface area contributed by atoms with Crippen molar-refractivity contribution in [3.8, 4) is 17.2 Å². The first-order valence-electron chi connectivity index (χ1n) is 11.5. The van der Waals surface area contributed by atoms with Crippen LogP contribution in [0.3, 0.4) is 0 Å². The molecule has 8 heteroatoms. The van der Waals surface area contributed by atoms with Crippen molar-refractivity contribution in [2.75, 3.05) is 42.8 Å². The number of nitrogens with one attached hydrogen (secondary N) is 2. The number of para-hydroxylation sites is 2. The van der Waals surface area contributed by atoms with Gasteiger partial charge in [-0.15, -0.1) is 0 Å². The molecule has 35 heavy (non-hydrogen) atoms. The minimum atomic E-state index is -0.333. The second-order valence-corrected chi connectivity index (χ2v) is 8.42. The third-order valence-corrected chi connectivity index (χ3v) is 6.11. The highest BCUT2D eigenvalue weighted by atomic mass is 16.5. The molecule has 4 rings (SSSR count). The summed E-state index contributed by atoms with van der Waals surface area (Å²) in [5.74, 6) is 1.98. The fraction of sp³-hybridized carbons (Fsp3) is 0.259. The molecule has 1 atom stereocenters. The third kappa shape index (κ3) is 6.03. The highest BCUT2D eigenvalue weighted by Gasteiger charge is 2.27. The molecule has 0 radical (unpaired) electrons. The first-order chi connectivity index (χ1) is 16.9. The highest BCUT2D eigenvalue weighted by molar-refractivity contribution is 5.99. The van der Waals surface area contributed by atoms with Crippen LogP contribution in [-0.2, 0) is 4.79 Å². The zero-order chi connectivity index (χ0) is 24.8. The molecule has 0 aliphatic carbocycles. The lowest BCUT2D eigenvalue weighted by atomic mass is 10.2. The van der Waals surface area contributed by atoms with E-state index < -0.39 is 0 Å². The van der Waals surface area contributed by atoms with E-state index in [0.717, 1.165) is 25.2 Å². The van der Waals surface area contributed by atoms with Crippen molar-refractivity contribution in [1.29, 1.82) is 0 Å². The van der Waals surface area contributed by atoms with Gasteiger partial charge in [0.05, 0.1) is 13.2 Å². The number of hydrogen-bond donors (Lipinski definition) is 2. The van der Waals surface area contributed by atoms with Gasteiger partial charge in [-0.3, -0.25) is 4.79 Å². The van der Waals surface area contributed by atoms with Gasteiger partial charge in [-0.2, -0.15) is 0 Å². The van der Waals surface area contributed by atoms with E-state index in [1.54, 1.807) is 43.2 Å². The highest BCUT2D eigenvalue weighted by Crippen LogP contribution is 2.31. The molecule has 0 saturated carbocycles. The van der Waals surface area contributed by atoms with Gasteiger partial charge in [0.25, 0.3) is 0 Å². The molecule has 8 nitrogen and oxygen atoms in total. The summed E-state index contributed by atoms with van der Waals surface area (Å²) in [6.45, 7) is 3.30. The van der Waals surface area contributed by atoms with Crippen molar-refractivity contribution in [2.24, 2.45) is 0 Å². The maximum atomic E-state index is 12.4. The number of benzene rings is 3. The Bertz CT molecular complexity index is 1160. The minimum absolute atomic E-state index is 0.0843. The van der Waals surface area contributed by atoms with Crippen molar-refractivity contribution in [2.45, 2.75) is 19.4 Å². The van der Waals surface area contributed by atoms with Gasteiger partial charge in [0.15, 0.2) is 11.5 Å². The molecule has 1 saturated heterocycles. The molecule has 182 valence electrons. The zero-order valence-corrected chi connectivity index (χ0v) is 20.2. The van der Waals surface area contributed by atoms with Crippen molar-refractivity contribution < 1.29 is 19.1 Å². The third-order valence-electron chi connectivity index (χ3n) is 6.11. The molecule has 1 heterocycles. The van der Waals surface area contributed by atoms with E-state index in [4.69, 9.17) is 9.47 Å². The largest absolute Gasteiger partial charge is 0.493 e. The van der Waals surface area contributed by atoms with Crippen LogP contribution in [0.15, 0.2) is 72.8 Å². The summed E-state index contributed by atoms with van der Waals surface area (Å²) in [5, 5.41) is 5.67. The molecule has 3 aromatic carbocycles. The monoisotopic (exact) mass is 474 g/mol. The summed E-state index contributed by atoms with van der Waals surface area (Å²) in [4.78, 5) is 28.1. The summed E-state index contributed by atoms with van der Waals surface area (Å²) >= 11 is 0. The van der Waals surface area contributed by atoms with Crippen LogP contribution in [0.1, 0.15) is 13.3 Å². The van der Waals surface area contributed by atoms with E-state index >= 15 is 0 Å². The lowest BCUT2D eigenvalue weighted by Gasteiger charge is -2.24. The average molecular weight is 475 g/mol. The lowest BCUT2D eigenvalue weighted by molar-refractivity contribution is -0.129. The molecule has 1 aliphatic heterocycles. The molecule has 3 aromatic rings. The van der Waals surface area contributed by atoms with Crippen LogP contribution in [-0.4, -0.2) is 50.1 Å². The van der Waals surface area contributed by atoms with Crippen LogP contribution < -0.4 is 25.0 Å². The number of carbonyl (C=O) groups is 2. The van der Waals surface area contributed by atoms with E-state index in [9.17, 15) is 9.59 Å². The molecular weight excluding hydrogens is 444 g/mol. The molecule has 0 bridgehead atoms. The van der Waals surface area contributed by atoms with Gasteiger partial charge in [-0.25, -0.2) is 4.79 Å². The Labute approximate surface area is 205 Å². The van der Waals surface area contributed by atoms with Gasteiger partial charge < -0.3 is 29.9 Å². The fourth-order valence-corrected chi connectivity index (χ4v) is 4.03. The van der Waals surface area contributed by atoms with Crippen molar-refractivity contribution >= 4 is 29.0 Å². The average Bonchev–Trinajstić information content (AvgIpc) is 3.35. The van der Waals surface area contributed by atoms with Crippen LogP contribution in [0.2, 0.25) is 0 Å². The molecule has 0 aromatic heterocycles. The molecule has 2 N–H and O–H groups in total. The van der Waals surface area contributed by atoms with Crippen molar-refractivity contribution in [1.82, 2.24) is 4.90 Å². The molecule has 1 fully saturated rings. The van der Waals surface area contributed by atoms with Crippen LogP contribution >= 0.6 is 0 Å². The molecule has 0 spiro atoms. The number of rotatable bonds is 7. The smallest absolute Gasteiger partial charge is 0.323 e. The predicted molar refractivity (Wildman–Crippen MR) is 138 cm³/mol. The van der Waals surface area contributed by atoms with Crippen molar-refractivity contribution in [3.63, 3.8) is 0 Å². The number of nitrogens with zero attached hydrogens (tertiary/aromatic N) is 2. The predicted octanol–water partition coefficient (Wildman–Crippen LogP) is 5.19. The number of urea groups is 1. The van der Waals surface area contributed by atoms with Crippen LogP contribution in [0.25, 0.3) is 0 Å². The number of hydrogen-bond acceptors (Lipinski definition) is 5. The van der Waals surface area contributed by atoms with Gasteiger partial charge in [0.1, 0.15) is 5.75 Å². The number of anilines is 3. The van der Waals surface area contributed by atoms with E-state index in [-0.39, 0.29) is 18.0 Å². The number of ether oxygens (including phenoxy) is 2. The second-order valence-electron chi connectivity index (χ2n) is 8.42. The van der Waals surface area contributed by atoms with E-state index in [1.807, 2.05) is 55.6 Å². The Hall–Kier alpha value is -4.20. The van der Waals surface area contributed by atoms with E-state index in [0.29, 0.717) is 28.6 Å². The van der Waals surface area contributed by atoms with Crippen LogP contribution in [0.4, 0.5) is 21.9 Å². The van der Waals surface area contributed by atoms with Crippen molar-refractivity contribution in [3.05, 3.63) is 72.8 Å². The van der Waals surface area contributed by atoms with Gasteiger partial charge >= 0.3 is 6.03 Å². The Morgan fingerprint density at radius 1 is 0.914 bits per heavy atom. The maximum Gasteiger partial charge on any atom is 0.323 e. The van der Waals surface area contributed by atoms with Crippen LogP contribution in [0, 0.1) is 0 Å². The lowest BCUT2D eigenvalue weighted by Crippen LogP contribution is -2.37. The zero-order valence-electron chi connectivity index (χ0n) is 20.2. The Balaban J connectivity index is 1.29. The van der Waals surface area contributed by atoms with Gasteiger partial charge in [0, 0.05) is 44.1 Å². The standard InChI is InChI=1S/C27H30N4O4/c1-19(32)30(2)23-16-17-31(18-23)22-12-8-20(9-13-22)28-27(33)29-21-10-14-24(15-11-21)35-26-7-5-4-6-25(26)34-3/h4-15,23H,16-18H2,1-3H3,(H2,28,29,33). The SMILES string of the molecule is COc1ccccc1Oc1ccc(NC(=O)Nc2ccc(N3CCC(N(C)C(C)=O)C3)cc2)cc1. The Kier molecular flexibility index (Phi) is 7.40. The van der Waals surface area contributed by atoms with Gasteiger partial charge in [-0.05, 0) is 67.1 Å². The molecule has 1 unspecified atom stereocenters. The van der Waals surface area contributed by atoms with Gasteiger partial charge in [-0.1, -0.05) is 12.1 Å². The number of amides is 3. The number of carbonyl (C=O) groups excluding carboxylic acids is 2. The number of methoxy groups -OCH3 is 1. The Morgan fingerprint density at radius 3 is 2.11 bits per heavy atom. The molecule has 1 aliphatic rings. The first kappa shape index (κ1) is 23.9. The summed E-state index contributed by atoms with van der Waals surface area (Å²) < 4.78 is 11.2. The minimum Gasteiger partial charge on any atom is -0.493 e. The fourth-order valence-electron chi connectivity index (χ4n) is 4.03. The summed E-state index contributed by atoms with van der Waals surface area (Å²) in [6, 6.07) is 22.1. The second kappa shape index (κ2) is 10.8. The van der Waals surface area contributed by atoms with E-state index in [1.165, 1.54) is 0 Å². The quantitative estimate of drug-likeness (QED) is 0.493. The molecule has 3 amide bonds. The Morgan fingerprint density at radius 2 is 1.51 bits per heavy atom. The topological polar surface area (TPSA) is 83.1 Å². The summed E-state index contributed by atoms with van der Waals surface area (Å²) in [7, 11) is 3.45. The molecular formula is C27H30N4O4. The normalized spacial score (nSPS) is 14.8. The summed E-state index contributed by atoms with van der Waals surface area (Å²) in [5.41, 5.74) is 2.41. The first-order valence-corrected chi connectivity index (χ1v) is 11.5. The maximum absolute atomic E-state index is 12.4. The number of likely N-dealkylation sites (N-methyl/N-ethyl adjacent to an activating group) is 1. The van der Waals surface area contributed by atoms with E-state index in [2.05, 4.69) is 15.5 Å². The van der Waals surface area contributed by atoms with Gasteiger partial charge in [0.2, 0.25) is 5.91 Å². The van der Waals surface area contributed by atoms with Crippen LogP contribution in [0.5, 0.6) is 17.2 Å². The summed E-state index contributed by atoms with van der Waals surface area (Å²) in [6.07, 6.45) is 0.946.